The highest BCUT2D eigenvalue weighted by Crippen LogP contribution is 2.37. The summed E-state index contributed by atoms with van der Waals surface area (Å²) < 4.78 is 0. The van der Waals surface area contributed by atoms with E-state index in [2.05, 4.69) is 16.3 Å². The Morgan fingerprint density at radius 2 is 2.08 bits per heavy atom. The van der Waals surface area contributed by atoms with Gasteiger partial charge in [-0.1, -0.05) is 6.42 Å². The molecule has 2 aliphatic rings. The van der Waals surface area contributed by atoms with E-state index in [0.29, 0.717) is 31.1 Å². The zero-order valence-corrected chi connectivity index (χ0v) is 14.8. The van der Waals surface area contributed by atoms with E-state index in [0.717, 1.165) is 42.7 Å². The largest absolute Gasteiger partial charge is 0.395 e. The number of nitriles is 1. The summed E-state index contributed by atoms with van der Waals surface area (Å²) in [6.45, 7) is 1.44. The molecule has 0 bridgehead atoms. The van der Waals surface area contributed by atoms with E-state index in [1.807, 2.05) is 0 Å². The first-order valence-electron chi connectivity index (χ1n) is 8.92. The summed E-state index contributed by atoms with van der Waals surface area (Å²) in [5.41, 5.74) is 1.84. The van der Waals surface area contributed by atoms with Gasteiger partial charge in [0.25, 0.3) is 0 Å². The Kier molecular flexibility index (Phi) is 5.88. The minimum atomic E-state index is -0.0356. The van der Waals surface area contributed by atoms with E-state index in [9.17, 15) is 10.1 Å². The van der Waals surface area contributed by atoms with Crippen molar-refractivity contribution in [2.75, 3.05) is 25.0 Å². The molecule has 0 aliphatic heterocycles. The predicted molar refractivity (Wildman–Crippen MR) is 95.2 cm³/mol. The highest BCUT2D eigenvalue weighted by molar-refractivity contribution is 7.16. The van der Waals surface area contributed by atoms with Gasteiger partial charge in [0.05, 0.1) is 12.2 Å². The van der Waals surface area contributed by atoms with Gasteiger partial charge in [0, 0.05) is 30.4 Å². The third-order valence-corrected chi connectivity index (χ3v) is 6.07. The first-order valence-corrected chi connectivity index (χ1v) is 9.74. The molecule has 3 rings (SSSR count). The monoisotopic (exact) mass is 347 g/mol. The lowest BCUT2D eigenvalue weighted by Gasteiger charge is -2.20. The predicted octanol–water partition coefficient (Wildman–Crippen LogP) is 2.67. The number of hydrogen-bond acceptors (Lipinski definition) is 5. The van der Waals surface area contributed by atoms with Crippen LogP contribution in [0.3, 0.4) is 0 Å². The Morgan fingerprint density at radius 3 is 2.79 bits per heavy atom. The van der Waals surface area contributed by atoms with Crippen molar-refractivity contribution in [1.82, 2.24) is 4.90 Å². The maximum atomic E-state index is 12.3. The fourth-order valence-corrected chi connectivity index (χ4v) is 4.68. The summed E-state index contributed by atoms with van der Waals surface area (Å²) in [4.78, 5) is 15.8. The zero-order chi connectivity index (χ0) is 16.9. The van der Waals surface area contributed by atoms with Crippen LogP contribution in [0.4, 0.5) is 5.00 Å². The number of amides is 1. The summed E-state index contributed by atoms with van der Waals surface area (Å²) in [6.07, 6.45) is 8.23. The molecule has 0 saturated heterocycles. The second-order valence-corrected chi connectivity index (χ2v) is 7.77. The van der Waals surface area contributed by atoms with Crippen LogP contribution in [-0.4, -0.2) is 41.7 Å². The van der Waals surface area contributed by atoms with E-state index in [1.165, 1.54) is 17.7 Å². The van der Waals surface area contributed by atoms with E-state index in [4.69, 9.17) is 5.11 Å². The van der Waals surface area contributed by atoms with Crippen LogP contribution in [0.25, 0.3) is 0 Å². The first kappa shape index (κ1) is 17.4. The number of carbonyl (C=O) groups is 1. The molecule has 130 valence electrons. The number of fused-ring (bicyclic) bond motifs is 1. The van der Waals surface area contributed by atoms with Gasteiger partial charge in [-0.25, -0.2) is 0 Å². The summed E-state index contributed by atoms with van der Waals surface area (Å²) >= 11 is 1.58. The lowest BCUT2D eigenvalue weighted by molar-refractivity contribution is -0.116. The summed E-state index contributed by atoms with van der Waals surface area (Å²) in [7, 11) is 0. The first-order chi connectivity index (χ1) is 11.7. The van der Waals surface area contributed by atoms with Crippen molar-refractivity contribution in [3.8, 4) is 6.07 Å². The highest BCUT2D eigenvalue weighted by Gasteiger charge is 2.28. The Labute approximate surface area is 147 Å². The van der Waals surface area contributed by atoms with Crippen molar-refractivity contribution in [2.45, 2.75) is 57.4 Å². The Balaban J connectivity index is 1.61. The molecule has 1 aromatic heterocycles. The zero-order valence-electron chi connectivity index (χ0n) is 14.0. The third-order valence-electron chi connectivity index (χ3n) is 4.86. The standard InChI is InChI=1S/C18H25N3O2S/c19-12-15-14-4-2-1-3-5-16(14)24-18(15)20-17(23)8-9-21(10-11-22)13-6-7-13/h13,22H,1-11H2,(H,20,23). The van der Waals surface area contributed by atoms with E-state index >= 15 is 0 Å². The molecular weight excluding hydrogens is 322 g/mol. The minimum Gasteiger partial charge on any atom is -0.395 e. The van der Waals surface area contributed by atoms with Crippen LogP contribution in [0, 0.1) is 11.3 Å². The number of nitrogens with one attached hydrogen (secondary N) is 1. The van der Waals surface area contributed by atoms with E-state index in [-0.39, 0.29) is 12.5 Å². The van der Waals surface area contributed by atoms with Gasteiger partial charge in [0.2, 0.25) is 5.91 Å². The number of nitrogens with zero attached hydrogens (tertiary/aromatic N) is 2. The van der Waals surface area contributed by atoms with Gasteiger partial charge in [-0.3, -0.25) is 9.69 Å². The van der Waals surface area contributed by atoms with Crippen LogP contribution in [0.2, 0.25) is 0 Å². The van der Waals surface area contributed by atoms with Crippen LogP contribution in [-0.2, 0) is 17.6 Å². The van der Waals surface area contributed by atoms with Crippen LogP contribution in [0.15, 0.2) is 0 Å². The SMILES string of the molecule is N#Cc1c(NC(=O)CCN(CCO)C2CC2)sc2c1CCCCC2. The molecule has 2 N–H and O–H groups in total. The molecule has 0 spiro atoms. The maximum absolute atomic E-state index is 12.3. The quantitative estimate of drug-likeness (QED) is 0.744. The van der Waals surface area contributed by atoms with Crippen molar-refractivity contribution in [2.24, 2.45) is 0 Å². The van der Waals surface area contributed by atoms with Gasteiger partial charge in [0.1, 0.15) is 11.1 Å². The van der Waals surface area contributed by atoms with Crippen molar-refractivity contribution in [3.63, 3.8) is 0 Å². The Morgan fingerprint density at radius 1 is 1.29 bits per heavy atom. The fraction of sp³-hybridized carbons (Fsp3) is 0.667. The van der Waals surface area contributed by atoms with Crippen LogP contribution in [0.1, 0.15) is 54.5 Å². The summed E-state index contributed by atoms with van der Waals surface area (Å²) in [6, 6.07) is 2.84. The molecule has 1 heterocycles. The number of anilines is 1. The van der Waals surface area contributed by atoms with Crippen molar-refractivity contribution >= 4 is 22.2 Å². The molecule has 0 aromatic carbocycles. The average Bonchev–Trinajstić information content (AvgIpc) is 3.38. The summed E-state index contributed by atoms with van der Waals surface area (Å²) in [5, 5.41) is 22.3. The number of hydrogen-bond donors (Lipinski definition) is 2. The number of aliphatic hydroxyl groups is 1. The normalized spacial score (nSPS) is 17.2. The molecule has 1 amide bonds. The maximum Gasteiger partial charge on any atom is 0.226 e. The topological polar surface area (TPSA) is 76.4 Å². The number of rotatable bonds is 7. The highest BCUT2D eigenvalue weighted by atomic mass is 32.1. The fourth-order valence-electron chi connectivity index (χ4n) is 3.43. The van der Waals surface area contributed by atoms with Gasteiger partial charge >= 0.3 is 0 Å². The number of carbonyl (C=O) groups excluding carboxylic acids is 1. The average molecular weight is 347 g/mol. The minimum absolute atomic E-state index is 0.0356. The smallest absolute Gasteiger partial charge is 0.226 e. The molecule has 0 radical (unpaired) electrons. The Hall–Kier alpha value is -1.42. The van der Waals surface area contributed by atoms with Gasteiger partial charge in [-0.15, -0.1) is 11.3 Å². The number of thiophene rings is 1. The lowest BCUT2D eigenvalue weighted by Crippen LogP contribution is -2.32. The van der Waals surface area contributed by atoms with Gasteiger partial charge in [-0.2, -0.15) is 5.26 Å². The van der Waals surface area contributed by atoms with E-state index < -0.39 is 0 Å². The Bertz CT molecular complexity index is 631. The lowest BCUT2D eigenvalue weighted by atomic mass is 10.1. The third kappa shape index (κ3) is 4.15. The molecular formula is C18H25N3O2S. The van der Waals surface area contributed by atoms with Crippen LogP contribution < -0.4 is 5.32 Å². The molecule has 1 aromatic rings. The molecule has 0 unspecified atom stereocenters. The van der Waals surface area contributed by atoms with E-state index in [1.54, 1.807) is 11.3 Å². The molecule has 1 fully saturated rings. The van der Waals surface area contributed by atoms with Gasteiger partial charge in [0.15, 0.2) is 0 Å². The molecule has 0 atom stereocenters. The van der Waals surface area contributed by atoms with Gasteiger partial charge < -0.3 is 10.4 Å². The number of aliphatic hydroxyl groups excluding tert-OH is 1. The van der Waals surface area contributed by atoms with Crippen molar-refractivity contribution in [1.29, 1.82) is 5.26 Å². The summed E-state index contributed by atoms with van der Waals surface area (Å²) in [5.74, 6) is -0.0356. The molecule has 24 heavy (non-hydrogen) atoms. The molecule has 5 nitrogen and oxygen atoms in total. The second kappa shape index (κ2) is 8.11. The van der Waals surface area contributed by atoms with Crippen molar-refractivity contribution < 1.29 is 9.90 Å². The second-order valence-electron chi connectivity index (χ2n) is 6.67. The molecule has 1 saturated carbocycles. The molecule has 6 heteroatoms. The van der Waals surface area contributed by atoms with Crippen LogP contribution in [0.5, 0.6) is 0 Å². The molecule has 2 aliphatic carbocycles. The number of aryl methyl sites for hydroxylation is 1. The van der Waals surface area contributed by atoms with Crippen molar-refractivity contribution in [3.05, 3.63) is 16.0 Å². The van der Waals surface area contributed by atoms with Gasteiger partial charge in [-0.05, 0) is 44.1 Å². The van der Waals surface area contributed by atoms with Crippen LogP contribution >= 0.6 is 11.3 Å².